The molecule has 0 saturated carbocycles. The van der Waals surface area contributed by atoms with Crippen molar-refractivity contribution in [3.8, 4) is 0 Å². The number of aromatic nitrogens is 2. The fraction of sp³-hybridized carbons (Fsp3) is 0.692. The van der Waals surface area contributed by atoms with E-state index < -0.39 is 0 Å². The van der Waals surface area contributed by atoms with Crippen LogP contribution in [0.1, 0.15) is 39.0 Å². The van der Waals surface area contributed by atoms with Crippen LogP contribution in [0.25, 0.3) is 0 Å². The molecular formula is C13H19BrClN3. The van der Waals surface area contributed by atoms with Gasteiger partial charge >= 0.3 is 0 Å². The molecule has 2 heterocycles. The zero-order chi connectivity index (χ0) is 13.0. The van der Waals surface area contributed by atoms with Crippen molar-refractivity contribution in [2.75, 3.05) is 18.0 Å². The van der Waals surface area contributed by atoms with Gasteiger partial charge in [0.1, 0.15) is 5.82 Å². The average molecular weight is 333 g/mol. The second-order valence-electron chi connectivity index (χ2n) is 4.88. The first-order valence-corrected chi connectivity index (χ1v) is 7.80. The van der Waals surface area contributed by atoms with Gasteiger partial charge in [-0.25, -0.2) is 4.98 Å². The monoisotopic (exact) mass is 331 g/mol. The van der Waals surface area contributed by atoms with Crippen LogP contribution in [0.2, 0.25) is 5.28 Å². The predicted molar refractivity (Wildman–Crippen MR) is 79.2 cm³/mol. The summed E-state index contributed by atoms with van der Waals surface area (Å²) in [6.07, 6.45) is 8.19. The molecule has 1 aromatic rings. The lowest BCUT2D eigenvalue weighted by Gasteiger charge is -2.22. The predicted octanol–water partition coefficient (Wildman–Crippen LogP) is 4.30. The van der Waals surface area contributed by atoms with Gasteiger partial charge in [-0.05, 0) is 52.7 Å². The van der Waals surface area contributed by atoms with Crippen molar-refractivity contribution < 1.29 is 0 Å². The summed E-state index contributed by atoms with van der Waals surface area (Å²) in [6.45, 7) is 4.40. The highest BCUT2D eigenvalue weighted by Crippen LogP contribution is 2.29. The minimum absolute atomic E-state index is 0.322. The molecule has 2 rings (SSSR count). The van der Waals surface area contributed by atoms with Crippen molar-refractivity contribution in [3.05, 3.63) is 16.0 Å². The van der Waals surface area contributed by atoms with Gasteiger partial charge in [-0.15, -0.1) is 0 Å². The third-order valence-corrected chi connectivity index (χ3v) is 4.28. The standard InChI is InChI=1S/C13H19BrClN3/c1-2-4-10-5-3-7-18(8-6-10)12-11(14)9-16-13(15)17-12/h9-10H,2-8H2,1H3. The van der Waals surface area contributed by atoms with Crippen LogP contribution in [0, 0.1) is 5.92 Å². The Hall–Kier alpha value is -0.350. The van der Waals surface area contributed by atoms with Gasteiger partial charge in [0, 0.05) is 19.3 Å². The Kier molecular flexibility index (Phi) is 5.25. The molecule has 0 bridgehead atoms. The number of halogens is 2. The van der Waals surface area contributed by atoms with Crippen LogP contribution in [-0.4, -0.2) is 23.1 Å². The Bertz CT molecular complexity index is 400. The fourth-order valence-electron chi connectivity index (χ4n) is 2.63. The van der Waals surface area contributed by atoms with E-state index in [0.29, 0.717) is 5.28 Å². The highest BCUT2D eigenvalue weighted by atomic mass is 79.9. The normalized spacial score (nSPS) is 20.8. The Morgan fingerprint density at radius 1 is 1.44 bits per heavy atom. The van der Waals surface area contributed by atoms with Crippen molar-refractivity contribution in [3.63, 3.8) is 0 Å². The maximum absolute atomic E-state index is 5.89. The molecule has 1 aliphatic rings. The molecule has 3 nitrogen and oxygen atoms in total. The maximum Gasteiger partial charge on any atom is 0.224 e. The quantitative estimate of drug-likeness (QED) is 0.773. The molecular weight excluding hydrogens is 314 g/mol. The Labute approximate surface area is 122 Å². The van der Waals surface area contributed by atoms with Crippen molar-refractivity contribution in [1.82, 2.24) is 9.97 Å². The van der Waals surface area contributed by atoms with Gasteiger partial charge < -0.3 is 4.90 Å². The van der Waals surface area contributed by atoms with E-state index in [1.54, 1.807) is 6.20 Å². The summed E-state index contributed by atoms with van der Waals surface area (Å²) in [6, 6.07) is 0. The Balaban J connectivity index is 2.07. The Morgan fingerprint density at radius 3 is 3.06 bits per heavy atom. The van der Waals surface area contributed by atoms with Crippen LogP contribution in [-0.2, 0) is 0 Å². The molecule has 1 saturated heterocycles. The van der Waals surface area contributed by atoms with Gasteiger partial charge in [-0.1, -0.05) is 19.8 Å². The summed E-state index contributed by atoms with van der Waals surface area (Å²) in [5.74, 6) is 1.81. The first kappa shape index (κ1) is 14.1. The van der Waals surface area contributed by atoms with Crippen LogP contribution in [0.5, 0.6) is 0 Å². The van der Waals surface area contributed by atoms with Crippen LogP contribution in [0.4, 0.5) is 5.82 Å². The number of nitrogens with zero attached hydrogens (tertiary/aromatic N) is 3. The summed E-state index contributed by atoms with van der Waals surface area (Å²) in [5, 5.41) is 0.322. The molecule has 0 aliphatic carbocycles. The maximum atomic E-state index is 5.89. The zero-order valence-corrected chi connectivity index (χ0v) is 13.0. The van der Waals surface area contributed by atoms with Crippen molar-refractivity contribution >= 4 is 33.3 Å². The van der Waals surface area contributed by atoms with Crippen molar-refractivity contribution in [2.45, 2.75) is 39.0 Å². The molecule has 1 atom stereocenters. The molecule has 1 aliphatic heterocycles. The largest absolute Gasteiger partial charge is 0.356 e. The highest BCUT2D eigenvalue weighted by Gasteiger charge is 2.19. The summed E-state index contributed by atoms with van der Waals surface area (Å²) in [4.78, 5) is 10.7. The minimum atomic E-state index is 0.322. The summed E-state index contributed by atoms with van der Waals surface area (Å²) in [5.41, 5.74) is 0. The van der Waals surface area contributed by atoms with Gasteiger partial charge in [-0.3, -0.25) is 0 Å². The molecule has 1 fully saturated rings. The number of rotatable bonds is 3. The molecule has 1 aromatic heterocycles. The molecule has 100 valence electrons. The van der Waals surface area contributed by atoms with Crippen LogP contribution >= 0.6 is 27.5 Å². The molecule has 0 spiro atoms. The molecule has 1 unspecified atom stereocenters. The summed E-state index contributed by atoms with van der Waals surface area (Å²) >= 11 is 9.40. The number of anilines is 1. The smallest absolute Gasteiger partial charge is 0.224 e. The van der Waals surface area contributed by atoms with Gasteiger partial charge in [0.05, 0.1) is 4.47 Å². The third kappa shape index (κ3) is 3.58. The van der Waals surface area contributed by atoms with E-state index in [2.05, 4.69) is 37.7 Å². The SMILES string of the molecule is CCCC1CCCN(c2nc(Cl)ncc2Br)CC1. The first-order chi connectivity index (χ1) is 8.70. The summed E-state index contributed by atoms with van der Waals surface area (Å²) < 4.78 is 0.931. The van der Waals surface area contributed by atoms with Gasteiger partial charge in [-0.2, -0.15) is 4.98 Å². The second kappa shape index (κ2) is 6.71. The number of hydrogen-bond donors (Lipinski definition) is 0. The van der Waals surface area contributed by atoms with Gasteiger partial charge in [0.2, 0.25) is 5.28 Å². The molecule has 0 aromatic carbocycles. The zero-order valence-electron chi connectivity index (χ0n) is 10.7. The van der Waals surface area contributed by atoms with E-state index in [4.69, 9.17) is 11.6 Å². The molecule has 5 heteroatoms. The topological polar surface area (TPSA) is 29.0 Å². The second-order valence-corrected chi connectivity index (χ2v) is 6.08. The van der Waals surface area contributed by atoms with Crippen LogP contribution in [0.3, 0.4) is 0 Å². The van der Waals surface area contributed by atoms with E-state index >= 15 is 0 Å². The lowest BCUT2D eigenvalue weighted by atomic mass is 9.96. The van der Waals surface area contributed by atoms with Crippen molar-refractivity contribution in [2.24, 2.45) is 5.92 Å². The van der Waals surface area contributed by atoms with Crippen LogP contribution < -0.4 is 4.90 Å². The van der Waals surface area contributed by atoms with Crippen LogP contribution in [0.15, 0.2) is 10.7 Å². The lowest BCUT2D eigenvalue weighted by molar-refractivity contribution is 0.435. The minimum Gasteiger partial charge on any atom is -0.356 e. The molecule has 0 amide bonds. The molecule has 0 N–H and O–H groups in total. The van der Waals surface area contributed by atoms with Gasteiger partial charge in [0.25, 0.3) is 0 Å². The fourth-order valence-corrected chi connectivity index (χ4v) is 3.20. The van der Waals surface area contributed by atoms with E-state index in [1.165, 1.54) is 32.1 Å². The van der Waals surface area contributed by atoms with E-state index in [9.17, 15) is 0 Å². The third-order valence-electron chi connectivity index (χ3n) is 3.54. The molecule has 0 radical (unpaired) electrons. The lowest BCUT2D eigenvalue weighted by Crippen LogP contribution is -2.25. The van der Waals surface area contributed by atoms with E-state index in [-0.39, 0.29) is 0 Å². The Morgan fingerprint density at radius 2 is 2.28 bits per heavy atom. The van der Waals surface area contributed by atoms with E-state index in [1.807, 2.05) is 0 Å². The first-order valence-electron chi connectivity index (χ1n) is 6.63. The van der Waals surface area contributed by atoms with Gasteiger partial charge in [0.15, 0.2) is 0 Å². The van der Waals surface area contributed by atoms with E-state index in [0.717, 1.165) is 29.3 Å². The summed E-state index contributed by atoms with van der Waals surface area (Å²) in [7, 11) is 0. The number of hydrogen-bond acceptors (Lipinski definition) is 3. The highest BCUT2D eigenvalue weighted by molar-refractivity contribution is 9.10. The average Bonchev–Trinajstić information content (AvgIpc) is 2.58. The van der Waals surface area contributed by atoms with Crippen molar-refractivity contribution in [1.29, 1.82) is 0 Å². The molecule has 18 heavy (non-hydrogen) atoms.